The third-order valence-electron chi connectivity index (χ3n) is 5.73. The lowest BCUT2D eigenvalue weighted by atomic mass is 9.97. The summed E-state index contributed by atoms with van der Waals surface area (Å²) in [6.07, 6.45) is 3.48. The Kier molecular flexibility index (Phi) is 4.67. The quantitative estimate of drug-likeness (QED) is 0.561. The van der Waals surface area contributed by atoms with Crippen molar-refractivity contribution in [2.45, 2.75) is 6.54 Å². The summed E-state index contributed by atoms with van der Waals surface area (Å²) in [7, 11) is 2.05. The molecule has 0 unspecified atom stereocenters. The highest BCUT2D eigenvalue weighted by Gasteiger charge is 2.32. The van der Waals surface area contributed by atoms with Crippen LogP contribution in [0.2, 0.25) is 0 Å². The van der Waals surface area contributed by atoms with Crippen LogP contribution < -0.4 is 10.2 Å². The number of rotatable bonds is 5. The van der Waals surface area contributed by atoms with Crippen LogP contribution >= 0.6 is 0 Å². The average Bonchev–Trinajstić information content (AvgIpc) is 3.09. The Morgan fingerprint density at radius 2 is 1.87 bits per heavy atom. The predicted octanol–water partition coefficient (Wildman–Crippen LogP) is 3.39. The van der Waals surface area contributed by atoms with Crippen LogP contribution in [0.5, 0.6) is 0 Å². The molecule has 1 N–H and O–H groups in total. The standard InChI is InChI=1S/C24H23N5O/c1-28-22-8-3-2-7-21(22)27-23(28)18-5-4-6-20(13-18)29-15-19(16-29)24(30)26-14-17-9-11-25-12-10-17/h2-13,19H,14-16H2,1H3,(H,26,30). The summed E-state index contributed by atoms with van der Waals surface area (Å²) < 4.78 is 2.12. The number of anilines is 1. The average molecular weight is 397 g/mol. The Bertz CT molecular complexity index is 1190. The van der Waals surface area contributed by atoms with Gasteiger partial charge in [0.25, 0.3) is 0 Å². The number of hydrogen-bond acceptors (Lipinski definition) is 4. The zero-order valence-corrected chi connectivity index (χ0v) is 16.8. The van der Waals surface area contributed by atoms with E-state index in [1.807, 2.05) is 37.4 Å². The minimum absolute atomic E-state index is 0.0197. The summed E-state index contributed by atoms with van der Waals surface area (Å²) in [6.45, 7) is 2.00. The Balaban J connectivity index is 1.26. The summed E-state index contributed by atoms with van der Waals surface area (Å²) in [6, 6.07) is 20.4. The van der Waals surface area contributed by atoms with Crippen LogP contribution in [0.1, 0.15) is 5.56 Å². The number of nitrogens with one attached hydrogen (secondary N) is 1. The number of amides is 1. The van der Waals surface area contributed by atoms with E-state index in [4.69, 9.17) is 4.98 Å². The van der Waals surface area contributed by atoms with Gasteiger partial charge >= 0.3 is 0 Å². The van der Waals surface area contributed by atoms with Gasteiger partial charge in [0.2, 0.25) is 5.91 Å². The number of aromatic nitrogens is 3. The van der Waals surface area contributed by atoms with Gasteiger partial charge in [-0.1, -0.05) is 24.3 Å². The van der Waals surface area contributed by atoms with Crippen LogP contribution in [0.15, 0.2) is 73.1 Å². The van der Waals surface area contributed by atoms with Gasteiger partial charge in [-0.3, -0.25) is 9.78 Å². The van der Waals surface area contributed by atoms with Crippen molar-refractivity contribution in [3.8, 4) is 11.4 Å². The second kappa shape index (κ2) is 7.63. The molecule has 6 nitrogen and oxygen atoms in total. The van der Waals surface area contributed by atoms with E-state index in [0.717, 1.165) is 46.8 Å². The molecule has 150 valence electrons. The molecule has 5 rings (SSSR count). The number of hydrogen-bond donors (Lipinski definition) is 1. The van der Waals surface area contributed by atoms with Crippen molar-refractivity contribution < 1.29 is 4.79 Å². The van der Waals surface area contributed by atoms with Gasteiger partial charge in [0.05, 0.1) is 17.0 Å². The molecule has 0 atom stereocenters. The van der Waals surface area contributed by atoms with E-state index >= 15 is 0 Å². The van der Waals surface area contributed by atoms with E-state index in [-0.39, 0.29) is 11.8 Å². The minimum Gasteiger partial charge on any atom is -0.370 e. The smallest absolute Gasteiger partial charge is 0.226 e. The van der Waals surface area contributed by atoms with Crippen molar-refractivity contribution in [3.63, 3.8) is 0 Å². The van der Waals surface area contributed by atoms with E-state index in [9.17, 15) is 4.79 Å². The number of para-hydroxylation sites is 2. The van der Waals surface area contributed by atoms with E-state index < -0.39 is 0 Å². The third kappa shape index (κ3) is 3.41. The Labute approximate surface area is 175 Å². The third-order valence-corrected chi connectivity index (χ3v) is 5.73. The number of carbonyl (C=O) groups excluding carboxylic acids is 1. The fourth-order valence-corrected chi connectivity index (χ4v) is 3.93. The lowest BCUT2D eigenvalue weighted by Gasteiger charge is -2.40. The fraction of sp³-hybridized carbons (Fsp3) is 0.208. The topological polar surface area (TPSA) is 63.1 Å². The number of benzene rings is 2. The maximum absolute atomic E-state index is 12.4. The molecule has 30 heavy (non-hydrogen) atoms. The molecule has 4 aromatic rings. The van der Waals surface area contributed by atoms with Gasteiger partial charge in [-0.05, 0) is 42.0 Å². The van der Waals surface area contributed by atoms with Gasteiger partial charge in [-0.2, -0.15) is 0 Å². The number of nitrogens with zero attached hydrogens (tertiary/aromatic N) is 4. The van der Waals surface area contributed by atoms with Crippen molar-refractivity contribution >= 4 is 22.6 Å². The second-order valence-corrected chi connectivity index (χ2v) is 7.71. The molecule has 0 aliphatic carbocycles. The zero-order chi connectivity index (χ0) is 20.5. The number of pyridine rings is 1. The van der Waals surface area contributed by atoms with Gasteiger partial charge in [0, 0.05) is 50.3 Å². The van der Waals surface area contributed by atoms with Crippen LogP contribution in [-0.4, -0.2) is 33.5 Å². The first-order valence-corrected chi connectivity index (χ1v) is 10.1. The van der Waals surface area contributed by atoms with E-state index in [2.05, 4.69) is 50.1 Å². The molecule has 1 saturated heterocycles. The Morgan fingerprint density at radius 3 is 2.67 bits per heavy atom. The summed E-state index contributed by atoms with van der Waals surface area (Å²) >= 11 is 0. The largest absolute Gasteiger partial charge is 0.370 e. The van der Waals surface area contributed by atoms with Crippen LogP contribution in [0.4, 0.5) is 5.69 Å². The van der Waals surface area contributed by atoms with Crippen molar-refractivity contribution in [2.24, 2.45) is 13.0 Å². The molecule has 2 aromatic carbocycles. The molecule has 1 fully saturated rings. The highest BCUT2D eigenvalue weighted by molar-refractivity contribution is 5.83. The maximum atomic E-state index is 12.4. The van der Waals surface area contributed by atoms with Gasteiger partial charge in [-0.25, -0.2) is 4.98 Å². The highest BCUT2D eigenvalue weighted by Crippen LogP contribution is 2.30. The van der Waals surface area contributed by atoms with E-state index in [1.54, 1.807) is 12.4 Å². The summed E-state index contributed by atoms with van der Waals surface area (Å²) in [4.78, 5) is 23.5. The van der Waals surface area contributed by atoms with Crippen LogP contribution in [0, 0.1) is 5.92 Å². The van der Waals surface area contributed by atoms with E-state index in [0.29, 0.717) is 6.54 Å². The number of carbonyl (C=O) groups is 1. The van der Waals surface area contributed by atoms with Crippen molar-refractivity contribution in [3.05, 3.63) is 78.6 Å². The predicted molar refractivity (Wildman–Crippen MR) is 118 cm³/mol. The fourth-order valence-electron chi connectivity index (χ4n) is 3.93. The van der Waals surface area contributed by atoms with Gasteiger partial charge in [0.15, 0.2) is 0 Å². The molecule has 1 aliphatic heterocycles. The molecule has 3 heterocycles. The molecule has 6 heteroatoms. The lowest BCUT2D eigenvalue weighted by molar-refractivity contribution is -0.125. The van der Waals surface area contributed by atoms with Crippen molar-refractivity contribution in [1.82, 2.24) is 19.9 Å². The van der Waals surface area contributed by atoms with Crippen LogP contribution in [0.3, 0.4) is 0 Å². The van der Waals surface area contributed by atoms with Crippen LogP contribution in [0.25, 0.3) is 22.4 Å². The van der Waals surface area contributed by atoms with Gasteiger partial charge in [0.1, 0.15) is 5.82 Å². The molecule has 1 amide bonds. The molecule has 0 bridgehead atoms. The maximum Gasteiger partial charge on any atom is 0.226 e. The SMILES string of the molecule is Cn1c(-c2cccc(N3CC(C(=O)NCc4ccncc4)C3)c2)nc2ccccc21. The molecule has 1 aliphatic rings. The second-order valence-electron chi connectivity index (χ2n) is 7.71. The van der Waals surface area contributed by atoms with Crippen LogP contribution in [-0.2, 0) is 18.4 Å². The van der Waals surface area contributed by atoms with Gasteiger partial charge in [-0.15, -0.1) is 0 Å². The molecule has 2 aromatic heterocycles. The summed E-state index contributed by atoms with van der Waals surface area (Å²) in [5.74, 6) is 1.08. The summed E-state index contributed by atoms with van der Waals surface area (Å²) in [5.41, 5.74) is 5.38. The molecular weight excluding hydrogens is 374 g/mol. The summed E-state index contributed by atoms with van der Waals surface area (Å²) in [5, 5.41) is 3.03. The highest BCUT2D eigenvalue weighted by atomic mass is 16.2. The molecule has 0 radical (unpaired) electrons. The number of imidazole rings is 1. The minimum atomic E-state index is 0.0197. The van der Waals surface area contributed by atoms with Crippen molar-refractivity contribution in [2.75, 3.05) is 18.0 Å². The van der Waals surface area contributed by atoms with Crippen molar-refractivity contribution in [1.29, 1.82) is 0 Å². The zero-order valence-electron chi connectivity index (χ0n) is 16.8. The molecular formula is C24H23N5O. The first kappa shape index (κ1) is 18.4. The Hall–Kier alpha value is -3.67. The first-order valence-electron chi connectivity index (χ1n) is 10.1. The first-order chi connectivity index (χ1) is 14.7. The Morgan fingerprint density at radius 1 is 1.07 bits per heavy atom. The van der Waals surface area contributed by atoms with E-state index in [1.165, 1.54) is 0 Å². The number of fused-ring (bicyclic) bond motifs is 1. The molecule has 0 saturated carbocycles. The molecule has 0 spiro atoms. The number of aryl methyl sites for hydroxylation is 1. The van der Waals surface area contributed by atoms with Gasteiger partial charge < -0.3 is 14.8 Å². The normalized spacial score (nSPS) is 14.0. The monoisotopic (exact) mass is 397 g/mol. The lowest BCUT2D eigenvalue weighted by Crippen LogP contribution is -2.53.